The summed E-state index contributed by atoms with van der Waals surface area (Å²) >= 11 is 0. The number of aryl methyl sites for hydroxylation is 1. The van der Waals surface area contributed by atoms with Gasteiger partial charge >= 0.3 is 0 Å². The number of aromatic amines is 1. The first kappa shape index (κ1) is 12.4. The number of aromatic nitrogens is 1. The summed E-state index contributed by atoms with van der Waals surface area (Å²) in [6.07, 6.45) is 0.785. The lowest BCUT2D eigenvalue weighted by Crippen LogP contribution is -2.22. The first-order valence-corrected chi connectivity index (χ1v) is 5.93. The van der Waals surface area contributed by atoms with Gasteiger partial charge in [0, 0.05) is 24.5 Å². The summed E-state index contributed by atoms with van der Waals surface area (Å²) in [7, 11) is 0. The van der Waals surface area contributed by atoms with Gasteiger partial charge in [0.15, 0.2) is 0 Å². The van der Waals surface area contributed by atoms with E-state index < -0.39 is 0 Å². The predicted molar refractivity (Wildman–Crippen MR) is 71.7 cm³/mol. The molecular formula is C14H16N2O2. The monoisotopic (exact) mass is 244 g/mol. The highest BCUT2D eigenvalue weighted by molar-refractivity contribution is 5.79. The number of H-pyrrole nitrogens is 1. The standard InChI is InChI=1S/C14H16N2O2/c1-9-7-12-8-11(5-6-15-10(2)17)3-4-13(12)16-14(9)18/h3-4,7-8H,5-6H2,1-2H3,(H,15,17)(H,16,18). The van der Waals surface area contributed by atoms with Crippen molar-refractivity contribution in [2.75, 3.05) is 6.54 Å². The quantitative estimate of drug-likeness (QED) is 0.859. The summed E-state index contributed by atoms with van der Waals surface area (Å²) in [5.41, 5.74) is 2.64. The van der Waals surface area contributed by atoms with Gasteiger partial charge in [0.05, 0.1) is 0 Å². The molecule has 1 amide bonds. The molecule has 0 fully saturated rings. The van der Waals surface area contributed by atoms with Gasteiger partial charge in [0.2, 0.25) is 5.91 Å². The summed E-state index contributed by atoms with van der Waals surface area (Å²) in [5.74, 6) is -0.0176. The Morgan fingerprint density at radius 1 is 1.33 bits per heavy atom. The smallest absolute Gasteiger partial charge is 0.251 e. The van der Waals surface area contributed by atoms with Crippen LogP contribution in [0, 0.1) is 6.92 Å². The number of hydrogen-bond acceptors (Lipinski definition) is 2. The number of fused-ring (bicyclic) bond motifs is 1. The maximum atomic E-state index is 11.5. The van der Waals surface area contributed by atoms with Crippen molar-refractivity contribution in [3.8, 4) is 0 Å². The first-order valence-electron chi connectivity index (χ1n) is 5.93. The second-order valence-electron chi connectivity index (χ2n) is 4.44. The van der Waals surface area contributed by atoms with Crippen molar-refractivity contribution in [1.82, 2.24) is 10.3 Å². The molecule has 18 heavy (non-hydrogen) atoms. The summed E-state index contributed by atoms with van der Waals surface area (Å²) < 4.78 is 0. The number of pyridine rings is 1. The van der Waals surface area contributed by atoms with Gasteiger partial charge in [-0.15, -0.1) is 0 Å². The lowest BCUT2D eigenvalue weighted by molar-refractivity contribution is -0.118. The number of amides is 1. The molecule has 0 saturated heterocycles. The zero-order valence-electron chi connectivity index (χ0n) is 10.5. The fourth-order valence-corrected chi connectivity index (χ4v) is 1.90. The summed E-state index contributed by atoms with van der Waals surface area (Å²) in [4.78, 5) is 25.1. The van der Waals surface area contributed by atoms with Crippen LogP contribution in [0.5, 0.6) is 0 Å². The van der Waals surface area contributed by atoms with Gasteiger partial charge < -0.3 is 10.3 Å². The van der Waals surface area contributed by atoms with E-state index in [2.05, 4.69) is 10.3 Å². The molecule has 0 aliphatic carbocycles. The van der Waals surface area contributed by atoms with E-state index in [1.165, 1.54) is 6.92 Å². The highest BCUT2D eigenvalue weighted by Crippen LogP contribution is 2.13. The molecule has 2 aromatic rings. The van der Waals surface area contributed by atoms with Crippen molar-refractivity contribution >= 4 is 16.8 Å². The lowest BCUT2D eigenvalue weighted by atomic mass is 10.1. The summed E-state index contributed by atoms with van der Waals surface area (Å²) in [6, 6.07) is 7.80. The molecule has 4 heteroatoms. The van der Waals surface area contributed by atoms with E-state index in [4.69, 9.17) is 0 Å². The van der Waals surface area contributed by atoms with Gasteiger partial charge in [0.25, 0.3) is 5.56 Å². The second kappa shape index (κ2) is 5.04. The average molecular weight is 244 g/mol. The number of carbonyl (C=O) groups is 1. The van der Waals surface area contributed by atoms with Crippen molar-refractivity contribution in [2.45, 2.75) is 20.3 Å². The van der Waals surface area contributed by atoms with Crippen LogP contribution in [0.15, 0.2) is 29.1 Å². The Bertz CT molecular complexity index is 644. The van der Waals surface area contributed by atoms with Crippen molar-refractivity contribution in [3.63, 3.8) is 0 Å². The third-order valence-corrected chi connectivity index (χ3v) is 2.88. The Labute approximate surface area is 105 Å². The van der Waals surface area contributed by atoms with E-state index in [1.807, 2.05) is 24.3 Å². The van der Waals surface area contributed by atoms with E-state index in [9.17, 15) is 9.59 Å². The molecule has 0 aliphatic heterocycles. The predicted octanol–water partition coefficient (Wildman–Crippen LogP) is 1.52. The maximum Gasteiger partial charge on any atom is 0.251 e. The molecule has 2 rings (SSSR count). The van der Waals surface area contributed by atoms with Crippen LogP contribution in [-0.4, -0.2) is 17.4 Å². The molecule has 1 aromatic heterocycles. The SMILES string of the molecule is CC(=O)NCCc1ccc2[nH]c(=O)c(C)cc2c1. The van der Waals surface area contributed by atoms with E-state index >= 15 is 0 Å². The second-order valence-corrected chi connectivity index (χ2v) is 4.44. The average Bonchev–Trinajstić information content (AvgIpc) is 2.30. The van der Waals surface area contributed by atoms with Crippen LogP contribution in [0.25, 0.3) is 10.9 Å². The molecule has 2 N–H and O–H groups in total. The van der Waals surface area contributed by atoms with Gasteiger partial charge in [-0.25, -0.2) is 0 Å². The third-order valence-electron chi connectivity index (χ3n) is 2.88. The van der Waals surface area contributed by atoms with Crippen molar-refractivity contribution in [1.29, 1.82) is 0 Å². The molecule has 0 radical (unpaired) electrons. The van der Waals surface area contributed by atoms with Crippen LogP contribution < -0.4 is 10.9 Å². The fraction of sp³-hybridized carbons (Fsp3) is 0.286. The summed E-state index contributed by atoms with van der Waals surface area (Å²) in [5, 5.41) is 3.79. The van der Waals surface area contributed by atoms with Crippen LogP contribution in [0.2, 0.25) is 0 Å². The Morgan fingerprint density at radius 2 is 2.11 bits per heavy atom. The van der Waals surface area contributed by atoms with Crippen LogP contribution in [-0.2, 0) is 11.2 Å². The van der Waals surface area contributed by atoms with Gasteiger partial charge in [-0.1, -0.05) is 6.07 Å². The van der Waals surface area contributed by atoms with E-state index in [0.29, 0.717) is 12.1 Å². The normalized spacial score (nSPS) is 10.6. The third kappa shape index (κ3) is 2.77. The minimum Gasteiger partial charge on any atom is -0.356 e. The molecule has 0 aliphatic rings. The molecule has 94 valence electrons. The zero-order chi connectivity index (χ0) is 13.1. The largest absolute Gasteiger partial charge is 0.356 e. The Hall–Kier alpha value is -2.10. The molecule has 0 bridgehead atoms. The molecule has 1 aromatic carbocycles. The van der Waals surface area contributed by atoms with Gasteiger partial charge in [-0.3, -0.25) is 9.59 Å². The van der Waals surface area contributed by atoms with Crippen LogP contribution in [0.1, 0.15) is 18.1 Å². The number of carbonyl (C=O) groups excluding carboxylic acids is 1. The first-order chi connectivity index (χ1) is 8.56. The molecule has 1 heterocycles. The Balaban J connectivity index is 2.24. The van der Waals surface area contributed by atoms with E-state index in [0.717, 1.165) is 22.9 Å². The van der Waals surface area contributed by atoms with Crippen molar-refractivity contribution < 1.29 is 4.79 Å². The molecule has 0 unspecified atom stereocenters. The molecular weight excluding hydrogens is 228 g/mol. The highest BCUT2D eigenvalue weighted by atomic mass is 16.1. The van der Waals surface area contributed by atoms with E-state index in [-0.39, 0.29) is 11.5 Å². The fourth-order valence-electron chi connectivity index (χ4n) is 1.90. The van der Waals surface area contributed by atoms with Gasteiger partial charge in [-0.05, 0) is 42.5 Å². The minimum absolute atomic E-state index is 0.0176. The Kier molecular flexibility index (Phi) is 3.46. The molecule has 4 nitrogen and oxygen atoms in total. The van der Waals surface area contributed by atoms with Crippen molar-refractivity contribution in [2.24, 2.45) is 0 Å². The lowest BCUT2D eigenvalue weighted by Gasteiger charge is -2.05. The van der Waals surface area contributed by atoms with E-state index in [1.54, 1.807) is 6.92 Å². The minimum atomic E-state index is -0.0477. The number of hydrogen-bond donors (Lipinski definition) is 2. The molecule has 0 saturated carbocycles. The number of rotatable bonds is 3. The van der Waals surface area contributed by atoms with Crippen LogP contribution >= 0.6 is 0 Å². The number of nitrogens with one attached hydrogen (secondary N) is 2. The number of benzene rings is 1. The molecule has 0 spiro atoms. The topological polar surface area (TPSA) is 62.0 Å². The Morgan fingerprint density at radius 3 is 2.83 bits per heavy atom. The highest BCUT2D eigenvalue weighted by Gasteiger charge is 2.01. The zero-order valence-corrected chi connectivity index (χ0v) is 10.5. The van der Waals surface area contributed by atoms with Crippen LogP contribution in [0.4, 0.5) is 0 Å². The summed E-state index contributed by atoms with van der Waals surface area (Å²) in [6.45, 7) is 3.93. The molecule has 0 atom stereocenters. The van der Waals surface area contributed by atoms with Crippen molar-refractivity contribution in [3.05, 3.63) is 45.7 Å². The maximum absolute atomic E-state index is 11.5. The van der Waals surface area contributed by atoms with Gasteiger partial charge in [0.1, 0.15) is 0 Å². The van der Waals surface area contributed by atoms with Crippen LogP contribution in [0.3, 0.4) is 0 Å². The van der Waals surface area contributed by atoms with Gasteiger partial charge in [-0.2, -0.15) is 0 Å².